The van der Waals surface area contributed by atoms with E-state index in [9.17, 15) is 17.2 Å². The molecule has 0 saturated carbocycles. The summed E-state index contributed by atoms with van der Waals surface area (Å²) in [4.78, 5) is 3.66. The first-order valence-electron chi connectivity index (χ1n) is 5.82. The number of pyridine rings is 1. The molecular weight excluding hydrogens is 276 g/mol. The molecule has 0 fully saturated rings. The van der Waals surface area contributed by atoms with E-state index >= 15 is 0 Å². The molecule has 1 heterocycles. The molecule has 0 aliphatic heterocycles. The molecule has 1 aromatic heterocycles. The first kappa shape index (κ1) is 15.8. The molecule has 0 spiro atoms. The summed E-state index contributed by atoms with van der Waals surface area (Å²) in [6.45, 7) is 1.68. The molecule has 108 valence electrons. The second kappa shape index (κ2) is 6.76. The molecule has 0 unspecified atom stereocenters. The Bertz CT molecular complexity index is 508. The zero-order valence-electron chi connectivity index (χ0n) is 10.8. The summed E-state index contributed by atoms with van der Waals surface area (Å²) in [6.07, 6.45) is 0.706. The van der Waals surface area contributed by atoms with Crippen LogP contribution in [0.15, 0.2) is 23.4 Å². The van der Waals surface area contributed by atoms with Crippen LogP contribution >= 0.6 is 0 Å². The second-order valence-electron chi connectivity index (χ2n) is 3.98. The molecule has 0 aliphatic carbocycles. The largest absolute Gasteiger partial charge is 0.384 e. The van der Waals surface area contributed by atoms with Gasteiger partial charge in [-0.25, -0.2) is 17.2 Å². The van der Waals surface area contributed by atoms with Crippen LogP contribution in [-0.2, 0) is 10.0 Å². The number of nitrogens with zero attached hydrogens (tertiary/aromatic N) is 2. The van der Waals surface area contributed by atoms with Gasteiger partial charge in [-0.2, -0.15) is 4.31 Å². The molecule has 5 nitrogen and oxygen atoms in total. The lowest BCUT2D eigenvalue weighted by Gasteiger charge is -2.18. The Morgan fingerprint density at radius 3 is 2.74 bits per heavy atom. The highest BCUT2D eigenvalue weighted by Crippen LogP contribution is 2.23. The van der Waals surface area contributed by atoms with Gasteiger partial charge in [0.2, 0.25) is 10.0 Å². The van der Waals surface area contributed by atoms with Crippen LogP contribution in [0.1, 0.15) is 13.3 Å². The molecular formula is C11H17F2N3O2S. The van der Waals surface area contributed by atoms with Crippen LogP contribution in [-0.4, -0.2) is 44.3 Å². The minimum absolute atomic E-state index is 0.0911. The van der Waals surface area contributed by atoms with Crippen LogP contribution in [0, 0.1) is 0 Å². The van der Waals surface area contributed by atoms with Gasteiger partial charge in [0.05, 0.1) is 12.2 Å². The van der Waals surface area contributed by atoms with E-state index in [-0.39, 0.29) is 4.90 Å². The molecule has 0 aliphatic rings. The van der Waals surface area contributed by atoms with Gasteiger partial charge in [0.1, 0.15) is 4.90 Å². The maximum atomic E-state index is 12.3. The Hall–Kier alpha value is -1.28. The van der Waals surface area contributed by atoms with Crippen molar-refractivity contribution in [2.75, 3.05) is 25.5 Å². The van der Waals surface area contributed by atoms with Gasteiger partial charge in [-0.1, -0.05) is 6.92 Å². The van der Waals surface area contributed by atoms with Crippen molar-refractivity contribution in [2.45, 2.75) is 24.7 Å². The lowest BCUT2D eigenvalue weighted by molar-refractivity contribution is 0.126. The fourth-order valence-electron chi connectivity index (χ4n) is 1.45. The van der Waals surface area contributed by atoms with E-state index in [4.69, 9.17) is 0 Å². The van der Waals surface area contributed by atoms with E-state index in [0.29, 0.717) is 16.5 Å². The quantitative estimate of drug-likeness (QED) is 0.832. The van der Waals surface area contributed by atoms with Gasteiger partial charge in [0.25, 0.3) is 6.43 Å². The lowest BCUT2D eigenvalue weighted by Crippen LogP contribution is -2.32. The van der Waals surface area contributed by atoms with E-state index in [2.05, 4.69) is 10.3 Å². The van der Waals surface area contributed by atoms with Crippen molar-refractivity contribution in [3.05, 3.63) is 18.5 Å². The van der Waals surface area contributed by atoms with Gasteiger partial charge >= 0.3 is 0 Å². The molecule has 0 aromatic carbocycles. The van der Waals surface area contributed by atoms with E-state index < -0.39 is 23.0 Å². The zero-order valence-corrected chi connectivity index (χ0v) is 11.6. The van der Waals surface area contributed by atoms with E-state index in [1.807, 2.05) is 6.92 Å². The molecule has 0 saturated heterocycles. The van der Waals surface area contributed by atoms with Crippen molar-refractivity contribution in [2.24, 2.45) is 0 Å². The van der Waals surface area contributed by atoms with Crippen LogP contribution in [0.25, 0.3) is 0 Å². The first-order valence-corrected chi connectivity index (χ1v) is 7.26. The van der Waals surface area contributed by atoms with Crippen LogP contribution in [0.2, 0.25) is 0 Å². The number of aromatic nitrogens is 1. The van der Waals surface area contributed by atoms with Crippen molar-refractivity contribution >= 4 is 15.7 Å². The number of sulfonamides is 1. The average Bonchev–Trinajstić information content (AvgIpc) is 2.35. The normalized spacial score (nSPS) is 12.1. The summed E-state index contributed by atoms with van der Waals surface area (Å²) >= 11 is 0. The maximum absolute atomic E-state index is 12.3. The highest BCUT2D eigenvalue weighted by Gasteiger charge is 2.26. The van der Waals surface area contributed by atoms with Gasteiger partial charge in [-0.15, -0.1) is 0 Å². The van der Waals surface area contributed by atoms with Gasteiger partial charge < -0.3 is 5.32 Å². The van der Waals surface area contributed by atoms with Gasteiger partial charge in [0, 0.05) is 26.0 Å². The van der Waals surface area contributed by atoms with Gasteiger partial charge in [-0.05, 0) is 12.5 Å². The third kappa shape index (κ3) is 4.10. The second-order valence-corrected chi connectivity index (χ2v) is 5.99. The predicted molar refractivity (Wildman–Crippen MR) is 68.8 cm³/mol. The third-order valence-electron chi connectivity index (χ3n) is 2.43. The summed E-state index contributed by atoms with van der Waals surface area (Å²) in [5.74, 6) is 0. The number of alkyl halides is 2. The van der Waals surface area contributed by atoms with E-state index in [1.54, 1.807) is 0 Å². The maximum Gasteiger partial charge on any atom is 0.252 e. The standard InChI is InChI=1S/C11H17F2N3O2S/c1-3-5-15-9-4-6-14-7-10(9)19(17,18)16(2)8-11(12)13/h4,6-7,11H,3,5,8H2,1-2H3,(H,14,15). The number of hydrogen-bond donors (Lipinski definition) is 1. The molecule has 8 heteroatoms. The van der Waals surface area contributed by atoms with Gasteiger partial charge in [-0.3, -0.25) is 4.98 Å². The van der Waals surface area contributed by atoms with Gasteiger partial charge in [0.15, 0.2) is 0 Å². The van der Waals surface area contributed by atoms with Crippen molar-refractivity contribution < 1.29 is 17.2 Å². The minimum Gasteiger partial charge on any atom is -0.384 e. The average molecular weight is 293 g/mol. The summed E-state index contributed by atoms with van der Waals surface area (Å²) in [5, 5.41) is 2.94. The molecule has 1 aromatic rings. The fraction of sp³-hybridized carbons (Fsp3) is 0.545. The fourth-order valence-corrected chi connectivity index (χ4v) is 2.71. The summed E-state index contributed by atoms with van der Waals surface area (Å²) in [6, 6.07) is 1.51. The van der Waals surface area contributed by atoms with Crippen LogP contribution in [0.3, 0.4) is 0 Å². The SMILES string of the molecule is CCCNc1ccncc1S(=O)(=O)N(C)CC(F)F. The number of hydrogen-bond acceptors (Lipinski definition) is 4. The van der Waals surface area contributed by atoms with Crippen LogP contribution in [0.5, 0.6) is 0 Å². The number of anilines is 1. The number of nitrogens with one attached hydrogen (secondary N) is 1. The summed E-state index contributed by atoms with van der Waals surface area (Å²) in [7, 11) is -2.84. The van der Waals surface area contributed by atoms with E-state index in [1.165, 1.54) is 12.3 Å². The molecule has 19 heavy (non-hydrogen) atoms. The minimum atomic E-state index is -3.97. The number of halogens is 2. The molecule has 0 atom stereocenters. The first-order chi connectivity index (χ1) is 8.89. The third-order valence-corrected chi connectivity index (χ3v) is 4.28. The monoisotopic (exact) mass is 293 g/mol. The molecule has 1 rings (SSSR count). The Morgan fingerprint density at radius 2 is 2.16 bits per heavy atom. The highest BCUT2D eigenvalue weighted by molar-refractivity contribution is 7.89. The Labute approximate surface area is 111 Å². The van der Waals surface area contributed by atoms with E-state index in [0.717, 1.165) is 19.7 Å². The smallest absolute Gasteiger partial charge is 0.252 e. The van der Waals surface area contributed by atoms with Crippen LogP contribution < -0.4 is 5.32 Å². The van der Waals surface area contributed by atoms with Crippen molar-refractivity contribution in [1.82, 2.24) is 9.29 Å². The molecule has 0 amide bonds. The zero-order chi connectivity index (χ0) is 14.5. The Morgan fingerprint density at radius 1 is 1.47 bits per heavy atom. The topological polar surface area (TPSA) is 62.3 Å². The molecule has 0 radical (unpaired) electrons. The summed E-state index contributed by atoms with van der Waals surface area (Å²) in [5.41, 5.74) is 0.373. The lowest BCUT2D eigenvalue weighted by atomic mass is 10.4. The highest BCUT2D eigenvalue weighted by atomic mass is 32.2. The van der Waals surface area contributed by atoms with Crippen LogP contribution in [0.4, 0.5) is 14.5 Å². The predicted octanol–water partition coefficient (Wildman–Crippen LogP) is 1.79. The van der Waals surface area contributed by atoms with Crippen molar-refractivity contribution in [3.8, 4) is 0 Å². The Balaban J connectivity index is 3.06. The molecule has 1 N–H and O–H groups in total. The van der Waals surface area contributed by atoms with Crippen molar-refractivity contribution in [3.63, 3.8) is 0 Å². The molecule has 0 bridgehead atoms. The Kier molecular flexibility index (Phi) is 5.61. The summed E-state index contributed by atoms with van der Waals surface area (Å²) < 4.78 is 49.6. The number of rotatable bonds is 7. The van der Waals surface area contributed by atoms with Crippen molar-refractivity contribution in [1.29, 1.82) is 0 Å².